The van der Waals surface area contributed by atoms with Crippen molar-refractivity contribution < 1.29 is 26.4 Å². The minimum Gasteiger partial charge on any atom is -0.347 e. The average Bonchev–Trinajstić information content (AvgIpc) is 2.50. The average molecular weight is 392 g/mol. The highest BCUT2D eigenvalue weighted by molar-refractivity contribution is 7.89. The molecule has 1 aromatic rings. The number of hydrogen-bond acceptors (Lipinski definition) is 3. The van der Waals surface area contributed by atoms with E-state index in [1.165, 1.54) is 4.31 Å². The first-order chi connectivity index (χ1) is 11.9. The lowest BCUT2D eigenvalue weighted by Crippen LogP contribution is -2.44. The van der Waals surface area contributed by atoms with E-state index in [-0.39, 0.29) is 30.8 Å². The Bertz CT molecular complexity index is 760. The Kier molecular flexibility index (Phi) is 6.02. The summed E-state index contributed by atoms with van der Waals surface area (Å²) in [6.45, 7) is 4.22. The smallest absolute Gasteiger partial charge is 0.347 e. The summed E-state index contributed by atoms with van der Waals surface area (Å²) in [5, 5.41) is 1.87. The van der Waals surface area contributed by atoms with Crippen LogP contribution in [0.25, 0.3) is 0 Å². The minimum absolute atomic E-state index is 0.110. The number of sulfonamides is 1. The van der Waals surface area contributed by atoms with E-state index in [0.717, 1.165) is 5.56 Å². The van der Waals surface area contributed by atoms with Gasteiger partial charge in [0.2, 0.25) is 15.9 Å². The number of carbonyl (C=O) groups excluding carboxylic acids is 1. The molecule has 0 radical (unpaired) electrons. The highest BCUT2D eigenvalue weighted by atomic mass is 32.2. The van der Waals surface area contributed by atoms with Gasteiger partial charge in [-0.25, -0.2) is 8.42 Å². The molecule has 0 atom stereocenters. The van der Waals surface area contributed by atoms with Gasteiger partial charge in [-0.05, 0) is 44.7 Å². The second kappa shape index (κ2) is 7.56. The molecule has 0 unspecified atom stereocenters. The molecule has 1 aliphatic rings. The Balaban J connectivity index is 2.06. The van der Waals surface area contributed by atoms with Crippen LogP contribution in [-0.4, -0.2) is 44.4 Å². The summed E-state index contributed by atoms with van der Waals surface area (Å²) in [5.74, 6) is -1.29. The fourth-order valence-corrected chi connectivity index (χ4v) is 5.27. The molecule has 1 heterocycles. The van der Waals surface area contributed by atoms with Crippen molar-refractivity contribution in [3.8, 4) is 0 Å². The monoisotopic (exact) mass is 392 g/mol. The molecule has 1 aliphatic heterocycles. The van der Waals surface area contributed by atoms with Gasteiger partial charge in [-0.1, -0.05) is 17.7 Å². The van der Waals surface area contributed by atoms with E-state index >= 15 is 0 Å². The van der Waals surface area contributed by atoms with Crippen LogP contribution >= 0.6 is 0 Å². The lowest BCUT2D eigenvalue weighted by molar-refractivity contribution is -0.141. The maximum atomic E-state index is 13.0. The normalized spacial score (nSPS) is 17.3. The summed E-state index contributed by atoms with van der Waals surface area (Å²) in [6.07, 6.45) is -4.06. The maximum Gasteiger partial charge on any atom is 0.405 e. The first-order valence-electron chi connectivity index (χ1n) is 8.34. The largest absolute Gasteiger partial charge is 0.405 e. The van der Waals surface area contributed by atoms with Gasteiger partial charge in [0.25, 0.3) is 0 Å². The number of nitrogens with zero attached hydrogens (tertiary/aromatic N) is 1. The molecule has 9 heteroatoms. The number of aryl methyl sites for hydroxylation is 3. The van der Waals surface area contributed by atoms with Crippen LogP contribution in [0.15, 0.2) is 17.0 Å². The first-order valence-corrected chi connectivity index (χ1v) is 9.78. The molecule has 146 valence electrons. The third-order valence-electron chi connectivity index (χ3n) is 4.49. The van der Waals surface area contributed by atoms with Crippen molar-refractivity contribution in [3.05, 3.63) is 28.8 Å². The predicted octanol–water partition coefficient (Wildman–Crippen LogP) is 2.69. The Morgan fingerprint density at radius 2 is 1.65 bits per heavy atom. The second-order valence-electron chi connectivity index (χ2n) is 6.74. The number of nitrogens with one attached hydrogen (secondary N) is 1. The van der Waals surface area contributed by atoms with Crippen molar-refractivity contribution in [2.75, 3.05) is 19.6 Å². The van der Waals surface area contributed by atoms with Crippen molar-refractivity contribution in [2.24, 2.45) is 5.92 Å². The van der Waals surface area contributed by atoms with Gasteiger partial charge in [-0.3, -0.25) is 4.79 Å². The summed E-state index contributed by atoms with van der Waals surface area (Å²) in [4.78, 5) is 12.1. The van der Waals surface area contributed by atoms with Gasteiger partial charge < -0.3 is 5.32 Å². The molecular weight excluding hydrogens is 369 g/mol. The van der Waals surface area contributed by atoms with E-state index in [4.69, 9.17) is 0 Å². The zero-order valence-corrected chi connectivity index (χ0v) is 15.8. The molecule has 2 rings (SSSR count). The lowest BCUT2D eigenvalue weighted by Gasteiger charge is -2.31. The van der Waals surface area contributed by atoms with Gasteiger partial charge in [-0.2, -0.15) is 17.5 Å². The topological polar surface area (TPSA) is 66.5 Å². The molecule has 1 fully saturated rings. The number of amides is 1. The van der Waals surface area contributed by atoms with Crippen LogP contribution in [0.4, 0.5) is 13.2 Å². The van der Waals surface area contributed by atoms with E-state index in [9.17, 15) is 26.4 Å². The Morgan fingerprint density at radius 1 is 1.15 bits per heavy atom. The van der Waals surface area contributed by atoms with Crippen LogP contribution in [-0.2, 0) is 14.8 Å². The fraction of sp³-hybridized carbons (Fsp3) is 0.588. The molecular formula is C17H23F3N2O3S. The van der Waals surface area contributed by atoms with Gasteiger partial charge in [-0.15, -0.1) is 0 Å². The van der Waals surface area contributed by atoms with E-state index in [0.29, 0.717) is 11.1 Å². The van der Waals surface area contributed by atoms with Crippen molar-refractivity contribution in [1.29, 1.82) is 0 Å². The number of benzene rings is 1. The van der Waals surface area contributed by atoms with Crippen LogP contribution in [0.2, 0.25) is 0 Å². The van der Waals surface area contributed by atoms with E-state index in [1.807, 2.05) is 12.2 Å². The van der Waals surface area contributed by atoms with Crippen LogP contribution in [0, 0.1) is 26.7 Å². The van der Waals surface area contributed by atoms with Gasteiger partial charge in [0, 0.05) is 19.0 Å². The number of piperidine rings is 1. The van der Waals surface area contributed by atoms with Gasteiger partial charge in [0.1, 0.15) is 6.54 Å². The highest BCUT2D eigenvalue weighted by Crippen LogP contribution is 2.29. The molecule has 0 spiro atoms. The molecule has 5 nitrogen and oxygen atoms in total. The van der Waals surface area contributed by atoms with Crippen molar-refractivity contribution in [3.63, 3.8) is 0 Å². The molecule has 26 heavy (non-hydrogen) atoms. The summed E-state index contributed by atoms with van der Waals surface area (Å²) in [7, 11) is -3.70. The Morgan fingerprint density at radius 3 is 2.12 bits per heavy atom. The van der Waals surface area contributed by atoms with Crippen LogP contribution in [0.1, 0.15) is 29.5 Å². The Hall–Kier alpha value is -1.61. The first kappa shape index (κ1) is 20.7. The third-order valence-corrected chi connectivity index (χ3v) is 6.70. The van der Waals surface area contributed by atoms with Gasteiger partial charge in [0.05, 0.1) is 4.90 Å². The number of alkyl halides is 3. The number of carbonyl (C=O) groups is 1. The quantitative estimate of drug-likeness (QED) is 0.857. The van der Waals surface area contributed by atoms with Crippen LogP contribution in [0.3, 0.4) is 0 Å². The van der Waals surface area contributed by atoms with Gasteiger partial charge in [0.15, 0.2) is 0 Å². The number of halogens is 3. The second-order valence-corrected chi connectivity index (χ2v) is 8.61. The van der Waals surface area contributed by atoms with E-state index in [2.05, 4.69) is 0 Å². The molecule has 0 aromatic heterocycles. The SMILES string of the molecule is Cc1cc(C)c(S(=O)(=O)N2CCC(C(=O)NCC(F)(F)F)CC2)c(C)c1. The number of rotatable bonds is 4. The molecule has 0 saturated carbocycles. The zero-order chi connectivity index (χ0) is 19.7. The van der Waals surface area contributed by atoms with Crippen LogP contribution in [0.5, 0.6) is 0 Å². The van der Waals surface area contributed by atoms with Crippen molar-refractivity contribution in [1.82, 2.24) is 9.62 Å². The molecule has 1 N–H and O–H groups in total. The summed E-state index contributed by atoms with van der Waals surface area (Å²) in [5.41, 5.74) is 2.29. The predicted molar refractivity (Wildman–Crippen MR) is 91.2 cm³/mol. The van der Waals surface area contributed by atoms with Crippen molar-refractivity contribution >= 4 is 15.9 Å². The summed E-state index contributed by atoms with van der Waals surface area (Å²) < 4.78 is 63.8. The highest BCUT2D eigenvalue weighted by Gasteiger charge is 2.35. The molecule has 0 aliphatic carbocycles. The minimum atomic E-state index is -4.46. The zero-order valence-electron chi connectivity index (χ0n) is 15.0. The summed E-state index contributed by atoms with van der Waals surface area (Å²) >= 11 is 0. The number of hydrogen-bond donors (Lipinski definition) is 1. The maximum absolute atomic E-state index is 13.0. The van der Waals surface area contributed by atoms with Gasteiger partial charge >= 0.3 is 6.18 Å². The molecule has 1 aromatic carbocycles. The molecule has 1 saturated heterocycles. The molecule has 1 amide bonds. The fourth-order valence-electron chi connectivity index (χ4n) is 3.39. The van der Waals surface area contributed by atoms with Crippen LogP contribution < -0.4 is 5.32 Å². The molecule has 0 bridgehead atoms. The van der Waals surface area contributed by atoms with Crippen molar-refractivity contribution in [2.45, 2.75) is 44.7 Å². The van der Waals surface area contributed by atoms with E-state index in [1.54, 1.807) is 26.0 Å². The van der Waals surface area contributed by atoms with E-state index < -0.39 is 34.6 Å². The lowest BCUT2D eigenvalue weighted by atomic mass is 9.97. The summed E-state index contributed by atoms with van der Waals surface area (Å²) in [6, 6.07) is 3.61. The third kappa shape index (κ3) is 4.76. The Labute approximate surface area is 151 Å². The standard InChI is InChI=1S/C17H23F3N2O3S/c1-11-8-12(2)15(13(3)9-11)26(24,25)22-6-4-14(5-7-22)16(23)21-10-17(18,19)20/h8-9,14H,4-7,10H2,1-3H3,(H,21,23).